The molecule has 0 saturated carbocycles. The van der Waals surface area contributed by atoms with Crippen LogP contribution in [0.15, 0.2) is 66.2 Å². The number of benzene rings is 2. The Bertz CT molecular complexity index is 720. The van der Waals surface area contributed by atoms with Crippen molar-refractivity contribution in [2.45, 2.75) is 6.04 Å². The van der Waals surface area contributed by atoms with Gasteiger partial charge in [-0.1, -0.05) is 60.7 Å². The molecular formula is C17H13NO3. The van der Waals surface area contributed by atoms with E-state index in [9.17, 15) is 14.7 Å². The van der Waals surface area contributed by atoms with Gasteiger partial charge in [-0.05, 0) is 5.56 Å². The van der Waals surface area contributed by atoms with Crippen molar-refractivity contribution in [1.29, 1.82) is 0 Å². The molecule has 21 heavy (non-hydrogen) atoms. The smallest absolute Gasteiger partial charge is 0.293 e. The average molecular weight is 279 g/mol. The zero-order chi connectivity index (χ0) is 14.8. The van der Waals surface area contributed by atoms with Crippen LogP contribution in [0.4, 0.5) is 0 Å². The summed E-state index contributed by atoms with van der Waals surface area (Å²) >= 11 is 0. The molecule has 0 bridgehead atoms. The Balaban J connectivity index is 2.13. The molecule has 1 aliphatic heterocycles. The fourth-order valence-electron chi connectivity index (χ4n) is 2.41. The van der Waals surface area contributed by atoms with Crippen LogP contribution in [0.1, 0.15) is 17.2 Å². The molecule has 0 aromatic heterocycles. The Labute approximate surface area is 121 Å². The molecule has 0 unspecified atom stereocenters. The summed E-state index contributed by atoms with van der Waals surface area (Å²) in [6, 6.07) is 17.2. The maximum Gasteiger partial charge on any atom is 0.293 e. The first-order chi connectivity index (χ1) is 10.2. The molecule has 3 rings (SSSR count). The van der Waals surface area contributed by atoms with Crippen molar-refractivity contribution in [3.8, 4) is 0 Å². The van der Waals surface area contributed by atoms with Crippen LogP contribution in [0, 0.1) is 0 Å². The van der Waals surface area contributed by atoms with Crippen LogP contribution in [-0.2, 0) is 9.59 Å². The Hall–Kier alpha value is -2.88. The lowest BCUT2D eigenvalue weighted by Gasteiger charge is -2.13. The Morgan fingerprint density at radius 3 is 2.10 bits per heavy atom. The SMILES string of the molecule is O=C1N[C@H](c2ccccc2)/C(=C(\O)c2ccccc2)C1=O. The van der Waals surface area contributed by atoms with Gasteiger partial charge in [-0.25, -0.2) is 0 Å². The highest BCUT2D eigenvalue weighted by Crippen LogP contribution is 2.32. The second-order valence-corrected chi connectivity index (χ2v) is 4.77. The summed E-state index contributed by atoms with van der Waals surface area (Å²) < 4.78 is 0. The van der Waals surface area contributed by atoms with Crippen LogP contribution in [0.5, 0.6) is 0 Å². The molecule has 2 aromatic carbocycles. The number of nitrogens with one attached hydrogen (secondary N) is 1. The van der Waals surface area contributed by atoms with Crippen LogP contribution < -0.4 is 5.32 Å². The maximum atomic E-state index is 12.1. The molecule has 1 heterocycles. The molecule has 4 nitrogen and oxygen atoms in total. The molecular weight excluding hydrogens is 266 g/mol. The van der Waals surface area contributed by atoms with Gasteiger partial charge in [-0.2, -0.15) is 0 Å². The number of ketones is 1. The van der Waals surface area contributed by atoms with E-state index in [0.29, 0.717) is 5.56 Å². The minimum absolute atomic E-state index is 0.0948. The number of rotatable bonds is 2. The van der Waals surface area contributed by atoms with Gasteiger partial charge in [0.2, 0.25) is 0 Å². The maximum absolute atomic E-state index is 12.1. The van der Waals surface area contributed by atoms with Crippen molar-refractivity contribution in [2.75, 3.05) is 0 Å². The molecule has 4 heteroatoms. The van der Waals surface area contributed by atoms with E-state index in [4.69, 9.17) is 0 Å². The van der Waals surface area contributed by atoms with Crippen molar-refractivity contribution in [3.05, 3.63) is 77.4 Å². The third-order valence-electron chi connectivity index (χ3n) is 3.45. The molecule has 0 spiro atoms. The van der Waals surface area contributed by atoms with Crippen molar-refractivity contribution in [1.82, 2.24) is 5.32 Å². The van der Waals surface area contributed by atoms with E-state index < -0.39 is 17.7 Å². The van der Waals surface area contributed by atoms with Crippen LogP contribution in [-0.4, -0.2) is 16.8 Å². The molecule has 2 N–H and O–H groups in total. The van der Waals surface area contributed by atoms with E-state index in [1.165, 1.54) is 0 Å². The predicted octanol–water partition coefficient (Wildman–Crippen LogP) is 2.40. The van der Waals surface area contributed by atoms with Crippen molar-refractivity contribution in [2.24, 2.45) is 0 Å². The standard InChI is InChI=1S/C17H13NO3/c19-15(12-9-5-2-6-10-12)13-14(18-17(21)16(13)20)11-7-3-1-4-8-11/h1-10,14,19H,(H,18,21)/b15-13+/t14-/m1/s1. The van der Waals surface area contributed by atoms with E-state index in [1.54, 1.807) is 24.3 Å². The van der Waals surface area contributed by atoms with Gasteiger partial charge in [0.05, 0.1) is 11.6 Å². The first-order valence-corrected chi connectivity index (χ1v) is 6.57. The van der Waals surface area contributed by atoms with Gasteiger partial charge < -0.3 is 10.4 Å². The van der Waals surface area contributed by atoms with E-state index in [0.717, 1.165) is 5.56 Å². The van der Waals surface area contributed by atoms with Crippen molar-refractivity contribution < 1.29 is 14.7 Å². The highest BCUT2D eigenvalue weighted by Gasteiger charge is 2.39. The topological polar surface area (TPSA) is 66.4 Å². The number of aliphatic hydroxyl groups excluding tert-OH is 1. The zero-order valence-corrected chi connectivity index (χ0v) is 11.1. The van der Waals surface area contributed by atoms with Gasteiger partial charge >= 0.3 is 0 Å². The van der Waals surface area contributed by atoms with Crippen LogP contribution in [0.25, 0.3) is 5.76 Å². The van der Waals surface area contributed by atoms with Gasteiger partial charge in [0.25, 0.3) is 11.7 Å². The summed E-state index contributed by atoms with van der Waals surface area (Å²) in [4.78, 5) is 23.8. The molecule has 1 fully saturated rings. The highest BCUT2D eigenvalue weighted by atomic mass is 16.3. The van der Waals surface area contributed by atoms with Gasteiger partial charge in [0.15, 0.2) is 0 Å². The minimum Gasteiger partial charge on any atom is -0.507 e. The van der Waals surface area contributed by atoms with Crippen LogP contribution in [0.2, 0.25) is 0 Å². The quantitative estimate of drug-likeness (QED) is 0.504. The predicted molar refractivity (Wildman–Crippen MR) is 78.3 cm³/mol. The van der Waals surface area contributed by atoms with E-state index in [-0.39, 0.29) is 11.3 Å². The van der Waals surface area contributed by atoms with Gasteiger partial charge in [-0.15, -0.1) is 0 Å². The third kappa shape index (κ3) is 2.31. The molecule has 1 saturated heterocycles. The Morgan fingerprint density at radius 2 is 1.48 bits per heavy atom. The van der Waals surface area contributed by atoms with E-state index >= 15 is 0 Å². The summed E-state index contributed by atoms with van der Waals surface area (Å²) in [6.07, 6.45) is 0. The third-order valence-corrected chi connectivity index (χ3v) is 3.45. The minimum atomic E-state index is -0.693. The first kappa shape index (κ1) is 13.1. The molecule has 1 atom stereocenters. The molecule has 0 radical (unpaired) electrons. The number of aliphatic hydroxyl groups is 1. The number of amides is 1. The van der Waals surface area contributed by atoms with Crippen molar-refractivity contribution in [3.63, 3.8) is 0 Å². The lowest BCUT2D eigenvalue weighted by Crippen LogP contribution is -2.21. The fourth-order valence-corrected chi connectivity index (χ4v) is 2.41. The second kappa shape index (κ2) is 5.25. The Kier molecular flexibility index (Phi) is 3.28. The first-order valence-electron chi connectivity index (χ1n) is 6.57. The molecule has 1 amide bonds. The lowest BCUT2D eigenvalue weighted by atomic mass is 9.96. The van der Waals surface area contributed by atoms with Crippen molar-refractivity contribution >= 4 is 17.4 Å². The summed E-state index contributed by atoms with van der Waals surface area (Å²) in [6.45, 7) is 0. The summed E-state index contributed by atoms with van der Waals surface area (Å²) in [5.41, 5.74) is 1.37. The zero-order valence-electron chi connectivity index (χ0n) is 11.1. The number of hydrogen-bond donors (Lipinski definition) is 2. The van der Waals surface area contributed by atoms with E-state index in [2.05, 4.69) is 5.32 Å². The van der Waals surface area contributed by atoms with Crippen LogP contribution >= 0.6 is 0 Å². The fraction of sp³-hybridized carbons (Fsp3) is 0.0588. The van der Waals surface area contributed by atoms with E-state index in [1.807, 2.05) is 36.4 Å². The second-order valence-electron chi connectivity index (χ2n) is 4.77. The molecule has 2 aromatic rings. The molecule has 1 aliphatic rings. The van der Waals surface area contributed by atoms with Crippen LogP contribution in [0.3, 0.4) is 0 Å². The number of hydrogen-bond acceptors (Lipinski definition) is 3. The van der Waals surface area contributed by atoms with Gasteiger partial charge in [-0.3, -0.25) is 9.59 Å². The molecule has 0 aliphatic carbocycles. The summed E-state index contributed by atoms with van der Waals surface area (Å²) in [5.74, 6) is -1.54. The van der Waals surface area contributed by atoms with Gasteiger partial charge in [0.1, 0.15) is 5.76 Å². The monoisotopic (exact) mass is 279 g/mol. The van der Waals surface area contributed by atoms with Gasteiger partial charge in [0, 0.05) is 5.56 Å². The summed E-state index contributed by atoms with van der Waals surface area (Å²) in [7, 11) is 0. The number of carbonyl (C=O) groups is 2. The number of carbonyl (C=O) groups excluding carboxylic acids is 2. The highest BCUT2D eigenvalue weighted by molar-refractivity contribution is 6.46. The average Bonchev–Trinajstić information content (AvgIpc) is 2.84. The normalized spacial score (nSPS) is 20.3. The molecule has 104 valence electrons. The Morgan fingerprint density at radius 1 is 0.905 bits per heavy atom. The lowest BCUT2D eigenvalue weighted by molar-refractivity contribution is -0.133. The summed E-state index contributed by atoms with van der Waals surface area (Å²) in [5, 5.41) is 13.0. The number of Topliss-reactive ketones (excluding diaryl/α,β-unsaturated/α-hetero) is 1. The largest absolute Gasteiger partial charge is 0.507 e.